The highest BCUT2D eigenvalue weighted by Gasteiger charge is 2.15. The summed E-state index contributed by atoms with van der Waals surface area (Å²) >= 11 is 0. The Morgan fingerprint density at radius 2 is 2.11 bits per heavy atom. The van der Waals surface area contributed by atoms with Gasteiger partial charge in [0.05, 0.1) is 6.10 Å². The van der Waals surface area contributed by atoms with Gasteiger partial charge < -0.3 is 15.3 Å². The molecule has 2 N–H and O–H groups in total. The van der Waals surface area contributed by atoms with Crippen LogP contribution in [0, 0.1) is 0 Å². The van der Waals surface area contributed by atoms with Crippen molar-refractivity contribution in [2.24, 2.45) is 0 Å². The molecule has 5 heteroatoms. The summed E-state index contributed by atoms with van der Waals surface area (Å²) in [5.41, 5.74) is 0. The van der Waals surface area contributed by atoms with Gasteiger partial charge >= 0.3 is 0 Å². The average molecular weight is 252 g/mol. The lowest BCUT2D eigenvalue weighted by molar-refractivity contribution is 0.135. The molecule has 18 heavy (non-hydrogen) atoms. The van der Waals surface area contributed by atoms with Gasteiger partial charge in [-0.1, -0.05) is 0 Å². The Morgan fingerprint density at radius 1 is 1.39 bits per heavy atom. The zero-order valence-corrected chi connectivity index (χ0v) is 11.3. The lowest BCUT2D eigenvalue weighted by Crippen LogP contribution is -2.34. The van der Waals surface area contributed by atoms with Gasteiger partial charge in [-0.05, 0) is 39.8 Å². The van der Waals surface area contributed by atoms with E-state index in [2.05, 4.69) is 29.2 Å². The Kier molecular flexibility index (Phi) is 4.60. The number of anilines is 1. The minimum absolute atomic E-state index is 0.327. The average Bonchev–Trinajstić information content (AvgIpc) is 2.96. The normalized spacial score (nSPS) is 18.4. The molecule has 0 amide bonds. The fourth-order valence-corrected chi connectivity index (χ4v) is 2.27. The first-order valence-electron chi connectivity index (χ1n) is 6.84. The van der Waals surface area contributed by atoms with Gasteiger partial charge in [-0.25, -0.2) is 0 Å². The van der Waals surface area contributed by atoms with Gasteiger partial charge in [0.1, 0.15) is 5.82 Å². The number of nitrogens with zero attached hydrogens (tertiary/aromatic N) is 3. The zero-order chi connectivity index (χ0) is 13.0. The Morgan fingerprint density at radius 3 is 2.72 bits per heavy atom. The monoisotopic (exact) mass is 252 g/mol. The summed E-state index contributed by atoms with van der Waals surface area (Å²) in [5.74, 6) is 0.837. The standard InChI is InChI=1S/C13H24N4O/c1-11(2)17-8-5-13(15-17)14-9-12(18)10-16-6-3-4-7-16/h5,8,11-12,18H,3-4,6-7,9-10H2,1-2H3,(H,14,15). The van der Waals surface area contributed by atoms with Crippen LogP contribution in [0.25, 0.3) is 0 Å². The van der Waals surface area contributed by atoms with E-state index in [1.54, 1.807) is 0 Å². The molecule has 1 aromatic rings. The highest BCUT2D eigenvalue weighted by molar-refractivity contribution is 5.32. The molecule has 1 aliphatic rings. The molecule has 0 bridgehead atoms. The molecule has 0 radical (unpaired) electrons. The van der Waals surface area contributed by atoms with E-state index < -0.39 is 0 Å². The second-order valence-corrected chi connectivity index (χ2v) is 5.32. The molecular formula is C13H24N4O. The molecule has 0 spiro atoms. The summed E-state index contributed by atoms with van der Waals surface area (Å²) in [6, 6.07) is 2.32. The third kappa shape index (κ3) is 3.71. The molecule has 1 atom stereocenters. The van der Waals surface area contributed by atoms with E-state index in [1.165, 1.54) is 12.8 Å². The van der Waals surface area contributed by atoms with Crippen molar-refractivity contribution < 1.29 is 5.11 Å². The smallest absolute Gasteiger partial charge is 0.148 e. The van der Waals surface area contributed by atoms with E-state index in [-0.39, 0.29) is 6.10 Å². The number of likely N-dealkylation sites (tertiary alicyclic amines) is 1. The fourth-order valence-electron chi connectivity index (χ4n) is 2.27. The molecule has 102 valence electrons. The maximum absolute atomic E-state index is 9.95. The van der Waals surface area contributed by atoms with Crippen molar-refractivity contribution in [1.29, 1.82) is 0 Å². The molecule has 0 aromatic carbocycles. The zero-order valence-electron chi connectivity index (χ0n) is 11.3. The number of aliphatic hydroxyl groups excluding tert-OH is 1. The highest BCUT2D eigenvalue weighted by atomic mass is 16.3. The second-order valence-electron chi connectivity index (χ2n) is 5.32. The molecule has 2 rings (SSSR count). The Balaban J connectivity index is 1.72. The summed E-state index contributed by atoms with van der Waals surface area (Å²) in [7, 11) is 0. The third-order valence-electron chi connectivity index (χ3n) is 3.32. The van der Waals surface area contributed by atoms with Gasteiger partial charge in [0.15, 0.2) is 0 Å². The van der Waals surface area contributed by atoms with Crippen molar-refractivity contribution in [3.8, 4) is 0 Å². The van der Waals surface area contributed by atoms with Crippen molar-refractivity contribution in [2.45, 2.75) is 38.8 Å². The van der Waals surface area contributed by atoms with Crippen molar-refractivity contribution in [3.05, 3.63) is 12.3 Å². The third-order valence-corrected chi connectivity index (χ3v) is 3.32. The van der Waals surface area contributed by atoms with Crippen LogP contribution in [0.3, 0.4) is 0 Å². The summed E-state index contributed by atoms with van der Waals surface area (Å²) in [5, 5.41) is 17.5. The maximum atomic E-state index is 9.95. The summed E-state index contributed by atoms with van der Waals surface area (Å²) in [6.07, 6.45) is 4.16. The highest BCUT2D eigenvalue weighted by Crippen LogP contribution is 2.10. The van der Waals surface area contributed by atoms with Crippen LogP contribution in [0.1, 0.15) is 32.7 Å². The first kappa shape index (κ1) is 13.4. The van der Waals surface area contributed by atoms with Crippen LogP contribution in [0.4, 0.5) is 5.82 Å². The van der Waals surface area contributed by atoms with Gasteiger partial charge in [0, 0.05) is 31.4 Å². The quantitative estimate of drug-likeness (QED) is 0.802. The predicted octanol–water partition coefficient (Wildman–Crippen LogP) is 1.33. The van der Waals surface area contributed by atoms with Crippen molar-refractivity contribution in [1.82, 2.24) is 14.7 Å². The molecule has 0 aliphatic carbocycles. The van der Waals surface area contributed by atoms with Crippen LogP contribution < -0.4 is 5.32 Å². The van der Waals surface area contributed by atoms with Crippen molar-refractivity contribution in [2.75, 3.05) is 31.5 Å². The lowest BCUT2D eigenvalue weighted by Gasteiger charge is -2.19. The molecular weight excluding hydrogens is 228 g/mol. The molecule has 1 saturated heterocycles. The van der Waals surface area contributed by atoms with Crippen LogP contribution in [-0.4, -0.2) is 52.1 Å². The van der Waals surface area contributed by atoms with Gasteiger partial charge in [0.2, 0.25) is 0 Å². The number of aromatic nitrogens is 2. The molecule has 2 heterocycles. The number of β-amino-alcohol motifs (C(OH)–C–C–N with tert-alkyl or cyclic N) is 1. The minimum atomic E-state index is -0.327. The Bertz CT molecular complexity index is 358. The largest absolute Gasteiger partial charge is 0.390 e. The minimum Gasteiger partial charge on any atom is -0.390 e. The van der Waals surface area contributed by atoms with Crippen LogP contribution in [0.15, 0.2) is 12.3 Å². The van der Waals surface area contributed by atoms with Gasteiger partial charge in [0.25, 0.3) is 0 Å². The van der Waals surface area contributed by atoms with Gasteiger partial charge in [-0.15, -0.1) is 0 Å². The number of aliphatic hydroxyl groups is 1. The predicted molar refractivity (Wildman–Crippen MR) is 72.8 cm³/mol. The first-order chi connectivity index (χ1) is 8.65. The van der Waals surface area contributed by atoms with E-state index in [4.69, 9.17) is 0 Å². The van der Waals surface area contributed by atoms with E-state index in [1.807, 2.05) is 16.9 Å². The first-order valence-corrected chi connectivity index (χ1v) is 6.84. The molecule has 5 nitrogen and oxygen atoms in total. The van der Waals surface area contributed by atoms with Crippen LogP contribution in [-0.2, 0) is 0 Å². The molecule has 1 unspecified atom stereocenters. The SMILES string of the molecule is CC(C)n1ccc(NCC(O)CN2CCCC2)n1. The second kappa shape index (κ2) is 6.20. The van der Waals surface area contributed by atoms with Crippen LogP contribution in [0.5, 0.6) is 0 Å². The van der Waals surface area contributed by atoms with Crippen LogP contribution in [0.2, 0.25) is 0 Å². The lowest BCUT2D eigenvalue weighted by atomic mass is 10.3. The van der Waals surface area contributed by atoms with Gasteiger partial charge in [-0.3, -0.25) is 4.68 Å². The maximum Gasteiger partial charge on any atom is 0.148 e. The van der Waals surface area contributed by atoms with Crippen molar-refractivity contribution in [3.63, 3.8) is 0 Å². The van der Waals surface area contributed by atoms with Crippen molar-refractivity contribution >= 4 is 5.82 Å². The van der Waals surface area contributed by atoms with Crippen LogP contribution >= 0.6 is 0 Å². The number of hydrogen-bond acceptors (Lipinski definition) is 4. The molecule has 0 saturated carbocycles. The molecule has 1 fully saturated rings. The topological polar surface area (TPSA) is 53.3 Å². The Labute approximate surface area is 109 Å². The number of hydrogen-bond donors (Lipinski definition) is 2. The number of nitrogens with one attached hydrogen (secondary N) is 1. The van der Waals surface area contributed by atoms with E-state index >= 15 is 0 Å². The molecule has 1 aromatic heterocycles. The van der Waals surface area contributed by atoms with Gasteiger partial charge in [-0.2, -0.15) is 5.10 Å². The summed E-state index contributed by atoms with van der Waals surface area (Å²) in [4.78, 5) is 2.32. The summed E-state index contributed by atoms with van der Waals surface area (Å²) < 4.78 is 1.91. The van der Waals surface area contributed by atoms with E-state index in [9.17, 15) is 5.11 Å². The molecule has 1 aliphatic heterocycles. The Hall–Kier alpha value is -1.07. The summed E-state index contributed by atoms with van der Waals surface area (Å²) in [6.45, 7) is 7.76. The number of rotatable bonds is 6. The van der Waals surface area contributed by atoms with E-state index in [0.717, 1.165) is 25.5 Å². The van der Waals surface area contributed by atoms with E-state index in [0.29, 0.717) is 12.6 Å². The fraction of sp³-hybridized carbons (Fsp3) is 0.769.